The topological polar surface area (TPSA) is 80.5 Å². The lowest BCUT2D eigenvalue weighted by Gasteiger charge is -2.35. The van der Waals surface area contributed by atoms with Gasteiger partial charge in [0.15, 0.2) is 9.84 Å². The minimum atomic E-state index is -3.29. The predicted octanol–water partition coefficient (Wildman–Crippen LogP) is 1.53. The van der Waals surface area contributed by atoms with E-state index in [0.717, 1.165) is 5.75 Å². The smallest absolute Gasteiger partial charge is 0.255 e. The molecule has 7 heteroatoms. The van der Waals surface area contributed by atoms with Crippen molar-refractivity contribution in [2.75, 3.05) is 29.5 Å². The van der Waals surface area contributed by atoms with Gasteiger partial charge >= 0.3 is 0 Å². The Morgan fingerprint density at radius 1 is 1.48 bits per heavy atom. The van der Waals surface area contributed by atoms with E-state index in [-0.39, 0.29) is 11.7 Å². The summed E-state index contributed by atoms with van der Waals surface area (Å²) in [6.45, 7) is 3.84. The number of rotatable bonds is 3. The standard InChI is InChI=1S/C14H20N2O3S2/c1-3-21(18,19)13-9-20-8-7-16(13)14(17)11-5-4-6-12(15)10(11)2/h4-6,13H,3,7-9,15H2,1-2H3. The first-order valence-electron chi connectivity index (χ1n) is 6.84. The second-order valence-electron chi connectivity index (χ2n) is 5.00. The van der Waals surface area contributed by atoms with Crippen molar-refractivity contribution in [2.45, 2.75) is 19.2 Å². The van der Waals surface area contributed by atoms with Gasteiger partial charge in [0.25, 0.3) is 5.91 Å². The summed E-state index contributed by atoms with van der Waals surface area (Å²) in [6.07, 6.45) is 0. The lowest BCUT2D eigenvalue weighted by molar-refractivity contribution is 0.0748. The van der Waals surface area contributed by atoms with E-state index in [1.165, 1.54) is 4.90 Å². The number of benzene rings is 1. The summed E-state index contributed by atoms with van der Waals surface area (Å²) in [5.74, 6) is 0.978. The molecule has 0 aromatic heterocycles. The van der Waals surface area contributed by atoms with Gasteiger partial charge in [0, 0.05) is 35.1 Å². The second-order valence-corrected chi connectivity index (χ2v) is 8.60. The summed E-state index contributed by atoms with van der Waals surface area (Å²) in [6, 6.07) is 5.15. The summed E-state index contributed by atoms with van der Waals surface area (Å²) < 4.78 is 24.4. The van der Waals surface area contributed by atoms with Crippen molar-refractivity contribution in [3.8, 4) is 0 Å². The molecule has 0 aliphatic carbocycles. The molecular weight excluding hydrogens is 308 g/mol. The van der Waals surface area contributed by atoms with Gasteiger partial charge < -0.3 is 10.6 Å². The summed E-state index contributed by atoms with van der Waals surface area (Å²) in [4.78, 5) is 14.2. The molecule has 0 saturated carbocycles. The Labute approximate surface area is 129 Å². The molecule has 0 spiro atoms. The van der Waals surface area contributed by atoms with Gasteiger partial charge in [-0.3, -0.25) is 4.79 Å². The normalized spacial score (nSPS) is 19.5. The number of carbonyl (C=O) groups is 1. The lowest BCUT2D eigenvalue weighted by atomic mass is 10.1. The Balaban J connectivity index is 2.38. The third-order valence-corrected chi connectivity index (χ3v) is 7.06. The van der Waals surface area contributed by atoms with Gasteiger partial charge in [0.1, 0.15) is 5.37 Å². The molecule has 1 amide bonds. The molecule has 1 atom stereocenters. The molecule has 5 nitrogen and oxygen atoms in total. The number of nitrogens with zero attached hydrogens (tertiary/aromatic N) is 1. The molecule has 0 bridgehead atoms. The third-order valence-electron chi connectivity index (χ3n) is 3.77. The first kappa shape index (κ1) is 16.2. The number of hydrogen-bond donors (Lipinski definition) is 1. The Morgan fingerprint density at radius 3 is 2.86 bits per heavy atom. The SMILES string of the molecule is CCS(=O)(=O)C1CSCCN1C(=O)c1cccc(N)c1C. The number of thioether (sulfide) groups is 1. The van der Waals surface area contributed by atoms with Crippen molar-refractivity contribution in [1.29, 1.82) is 0 Å². The molecular formula is C14H20N2O3S2. The van der Waals surface area contributed by atoms with Crippen LogP contribution in [-0.2, 0) is 9.84 Å². The summed E-state index contributed by atoms with van der Waals surface area (Å²) in [5, 5.41) is -0.741. The molecule has 116 valence electrons. The highest BCUT2D eigenvalue weighted by Gasteiger charge is 2.36. The maximum Gasteiger partial charge on any atom is 0.255 e. The van der Waals surface area contributed by atoms with E-state index in [4.69, 9.17) is 5.73 Å². The maximum atomic E-state index is 12.7. The first-order chi connectivity index (χ1) is 9.88. The van der Waals surface area contributed by atoms with Crippen molar-refractivity contribution in [3.63, 3.8) is 0 Å². The van der Waals surface area contributed by atoms with Gasteiger partial charge in [0.05, 0.1) is 0 Å². The summed E-state index contributed by atoms with van der Waals surface area (Å²) in [7, 11) is -3.29. The Bertz CT molecular complexity index is 644. The number of nitrogens with two attached hydrogens (primary N) is 1. The van der Waals surface area contributed by atoms with Crippen LogP contribution in [0.15, 0.2) is 18.2 Å². The summed E-state index contributed by atoms with van der Waals surface area (Å²) >= 11 is 1.57. The van der Waals surface area contributed by atoms with Crippen LogP contribution >= 0.6 is 11.8 Å². The molecule has 1 saturated heterocycles. The van der Waals surface area contributed by atoms with Crippen molar-refractivity contribution in [1.82, 2.24) is 4.90 Å². The molecule has 1 aromatic carbocycles. The number of amides is 1. The monoisotopic (exact) mass is 328 g/mol. The van der Waals surface area contributed by atoms with Gasteiger partial charge in [-0.25, -0.2) is 8.42 Å². The van der Waals surface area contributed by atoms with Crippen LogP contribution < -0.4 is 5.73 Å². The quantitative estimate of drug-likeness (QED) is 0.851. The molecule has 21 heavy (non-hydrogen) atoms. The maximum absolute atomic E-state index is 12.7. The number of carbonyl (C=O) groups excluding carboxylic acids is 1. The molecule has 1 aliphatic heterocycles. The molecule has 1 heterocycles. The van der Waals surface area contributed by atoms with Crippen LogP contribution in [0.4, 0.5) is 5.69 Å². The van der Waals surface area contributed by atoms with Crippen LogP contribution in [0.25, 0.3) is 0 Å². The van der Waals surface area contributed by atoms with Gasteiger partial charge in [-0.15, -0.1) is 0 Å². The molecule has 1 aromatic rings. The van der Waals surface area contributed by atoms with Gasteiger partial charge in [-0.2, -0.15) is 11.8 Å². The fraction of sp³-hybridized carbons (Fsp3) is 0.500. The number of nitrogen functional groups attached to an aromatic ring is 1. The molecule has 1 aliphatic rings. The highest BCUT2D eigenvalue weighted by atomic mass is 32.2. The molecule has 2 rings (SSSR count). The van der Waals surface area contributed by atoms with E-state index in [9.17, 15) is 13.2 Å². The first-order valence-corrected chi connectivity index (χ1v) is 9.71. The van der Waals surface area contributed by atoms with Crippen molar-refractivity contribution >= 4 is 33.2 Å². The van der Waals surface area contributed by atoms with Crippen molar-refractivity contribution < 1.29 is 13.2 Å². The molecule has 0 radical (unpaired) electrons. The Hall–Kier alpha value is -1.21. The minimum absolute atomic E-state index is 0.0396. The zero-order chi connectivity index (χ0) is 15.6. The Morgan fingerprint density at radius 2 is 2.19 bits per heavy atom. The van der Waals surface area contributed by atoms with E-state index in [0.29, 0.717) is 29.1 Å². The zero-order valence-electron chi connectivity index (χ0n) is 12.2. The molecule has 1 unspecified atom stereocenters. The average Bonchev–Trinajstić information content (AvgIpc) is 2.49. The van der Waals surface area contributed by atoms with Crippen LogP contribution in [0.2, 0.25) is 0 Å². The van der Waals surface area contributed by atoms with Crippen LogP contribution in [0.3, 0.4) is 0 Å². The van der Waals surface area contributed by atoms with Crippen LogP contribution in [0.1, 0.15) is 22.8 Å². The third kappa shape index (κ3) is 3.18. The Kier molecular flexibility index (Phi) is 4.83. The van der Waals surface area contributed by atoms with Crippen LogP contribution in [-0.4, -0.2) is 48.4 Å². The van der Waals surface area contributed by atoms with Crippen molar-refractivity contribution in [2.24, 2.45) is 0 Å². The van der Waals surface area contributed by atoms with E-state index < -0.39 is 15.2 Å². The molecule has 1 fully saturated rings. The zero-order valence-corrected chi connectivity index (χ0v) is 13.8. The fourth-order valence-electron chi connectivity index (χ4n) is 2.34. The predicted molar refractivity (Wildman–Crippen MR) is 87.2 cm³/mol. The van der Waals surface area contributed by atoms with Gasteiger partial charge in [0.2, 0.25) is 0 Å². The fourth-order valence-corrected chi connectivity index (χ4v) is 5.31. The van der Waals surface area contributed by atoms with E-state index in [1.807, 2.05) is 0 Å². The van der Waals surface area contributed by atoms with E-state index in [2.05, 4.69) is 0 Å². The number of sulfone groups is 1. The average molecular weight is 328 g/mol. The highest BCUT2D eigenvalue weighted by Crippen LogP contribution is 2.25. The van der Waals surface area contributed by atoms with E-state index >= 15 is 0 Å². The van der Waals surface area contributed by atoms with Crippen LogP contribution in [0, 0.1) is 6.92 Å². The van der Waals surface area contributed by atoms with Crippen LogP contribution in [0.5, 0.6) is 0 Å². The van der Waals surface area contributed by atoms with Crippen molar-refractivity contribution in [3.05, 3.63) is 29.3 Å². The largest absolute Gasteiger partial charge is 0.398 e. The van der Waals surface area contributed by atoms with E-state index in [1.54, 1.807) is 43.8 Å². The molecule has 2 N–H and O–H groups in total. The highest BCUT2D eigenvalue weighted by molar-refractivity contribution is 8.01. The van der Waals surface area contributed by atoms with Gasteiger partial charge in [-0.05, 0) is 24.6 Å². The summed E-state index contributed by atoms with van der Waals surface area (Å²) in [5.41, 5.74) is 7.57. The number of anilines is 1. The minimum Gasteiger partial charge on any atom is -0.398 e. The number of hydrogen-bond acceptors (Lipinski definition) is 5. The lowest BCUT2D eigenvalue weighted by Crippen LogP contribution is -2.50. The van der Waals surface area contributed by atoms with Gasteiger partial charge in [-0.1, -0.05) is 13.0 Å². The second kappa shape index (κ2) is 6.27.